The summed E-state index contributed by atoms with van der Waals surface area (Å²) < 4.78 is 6.65. The summed E-state index contributed by atoms with van der Waals surface area (Å²) in [5.74, 6) is -1.46. The molecule has 1 aromatic heterocycles. The number of hydrazine groups is 1. The lowest BCUT2D eigenvalue weighted by atomic mass is 9.99. The Balaban J connectivity index is 1.65. The highest BCUT2D eigenvalue weighted by atomic mass is 35.5. The Morgan fingerprint density at radius 3 is 2.77 bits per heavy atom. The third kappa shape index (κ3) is 3.96. The van der Waals surface area contributed by atoms with Gasteiger partial charge in [0.15, 0.2) is 0 Å². The molecule has 9 nitrogen and oxygen atoms in total. The number of hydrogen-bond acceptors (Lipinski definition) is 7. The Hall–Kier alpha value is -2.20. The molecule has 0 saturated heterocycles. The number of halogens is 1. The molecule has 0 spiro atoms. The lowest BCUT2D eigenvalue weighted by Crippen LogP contribution is -2.61. The van der Waals surface area contributed by atoms with Crippen molar-refractivity contribution < 1.29 is 14.3 Å². The Labute approximate surface area is 155 Å². The van der Waals surface area contributed by atoms with Crippen molar-refractivity contribution in [3.63, 3.8) is 0 Å². The topological polar surface area (TPSA) is 109 Å². The zero-order chi connectivity index (χ0) is 18.7. The van der Waals surface area contributed by atoms with E-state index < -0.39 is 24.1 Å². The van der Waals surface area contributed by atoms with Gasteiger partial charge in [0.2, 0.25) is 5.91 Å². The minimum atomic E-state index is -0.702. The largest absolute Gasteiger partial charge is 0.468 e. The van der Waals surface area contributed by atoms with Gasteiger partial charge in [0, 0.05) is 23.5 Å². The minimum absolute atomic E-state index is 0.140. The Kier molecular flexibility index (Phi) is 5.72. The second-order valence-electron chi connectivity index (χ2n) is 6.08. The Bertz CT molecular complexity index is 720. The molecule has 0 bridgehead atoms. The number of methoxy groups -OCH3 is 1. The Morgan fingerprint density at radius 1 is 1.35 bits per heavy atom. The van der Waals surface area contributed by atoms with Crippen LogP contribution in [0.5, 0.6) is 0 Å². The molecule has 2 aliphatic rings. The summed E-state index contributed by atoms with van der Waals surface area (Å²) in [6, 6.07) is -0.770. The van der Waals surface area contributed by atoms with E-state index in [0.29, 0.717) is 5.03 Å². The van der Waals surface area contributed by atoms with Gasteiger partial charge in [-0.15, -0.1) is 0 Å². The molecule has 26 heavy (non-hydrogen) atoms. The molecular weight excluding hydrogens is 360 g/mol. The predicted octanol–water partition coefficient (Wildman–Crippen LogP) is -0.240. The van der Waals surface area contributed by atoms with Crippen LogP contribution >= 0.6 is 11.6 Å². The van der Waals surface area contributed by atoms with Gasteiger partial charge in [-0.25, -0.2) is 15.8 Å². The van der Waals surface area contributed by atoms with Crippen molar-refractivity contribution in [3.05, 3.63) is 42.0 Å². The quantitative estimate of drug-likeness (QED) is 0.421. The third-order valence-electron chi connectivity index (χ3n) is 4.31. The normalized spacial score (nSPS) is 31.2. The number of ether oxygens (including phenoxy) is 1. The third-order valence-corrected chi connectivity index (χ3v) is 4.77. The number of esters is 1. The summed E-state index contributed by atoms with van der Waals surface area (Å²) >= 11 is 6.12. The van der Waals surface area contributed by atoms with Gasteiger partial charge in [-0.05, 0) is 13.0 Å². The molecule has 0 radical (unpaired) electrons. The number of nitrogens with zero attached hydrogens (tertiary/aromatic N) is 2. The fourth-order valence-corrected chi connectivity index (χ4v) is 3.03. The van der Waals surface area contributed by atoms with E-state index in [1.807, 2.05) is 23.8 Å². The molecule has 0 aliphatic carbocycles. The van der Waals surface area contributed by atoms with E-state index in [9.17, 15) is 9.59 Å². The number of rotatable bonds is 4. The fourth-order valence-electron chi connectivity index (χ4n) is 2.83. The second kappa shape index (κ2) is 8.00. The number of carbonyl (C=O) groups is 2. The van der Waals surface area contributed by atoms with E-state index in [1.165, 1.54) is 7.11 Å². The number of carbonyl (C=O) groups excluding carboxylic acids is 2. The van der Waals surface area contributed by atoms with E-state index >= 15 is 0 Å². The minimum Gasteiger partial charge on any atom is -0.468 e. The second-order valence-corrected chi connectivity index (χ2v) is 6.52. The van der Waals surface area contributed by atoms with Crippen LogP contribution in [0.15, 0.2) is 42.0 Å². The van der Waals surface area contributed by atoms with Crippen molar-refractivity contribution >= 4 is 23.5 Å². The fraction of sp³-hybridized carbons (Fsp3) is 0.438. The molecular formula is C16H21ClN6O3. The summed E-state index contributed by atoms with van der Waals surface area (Å²) in [7, 11) is 1.30. The van der Waals surface area contributed by atoms with Gasteiger partial charge in [0.25, 0.3) is 0 Å². The van der Waals surface area contributed by atoms with Crippen LogP contribution < -0.4 is 21.5 Å². The summed E-state index contributed by atoms with van der Waals surface area (Å²) in [5.41, 5.74) is 5.97. The van der Waals surface area contributed by atoms with Crippen molar-refractivity contribution in [1.82, 2.24) is 31.0 Å². The highest BCUT2D eigenvalue weighted by Crippen LogP contribution is 2.21. The van der Waals surface area contributed by atoms with Crippen LogP contribution in [0.2, 0.25) is 0 Å². The first-order chi connectivity index (χ1) is 12.5. The first-order valence-electron chi connectivity index (χ1n) is 8.18. The van der Waals surface area contributed by atoms with Gasteiger partial charge < -0.3 is 14.6 Å². The summed E-state index contributed by atoms with van der Waals surface area (Å²) in [6.07, 6.45) is 9.62. The number of aromatic nitrogens is 2. The molecule has 1 amide bonds. The number of nitrogens with one attached hydrogen (secondary N) is 4. The molecule has 0 saturated carbocycles. The van der Waals surface area contributed by atoms with Crippen LogP contribution in [-0.4, -0.2) is 46.8 Å². The van der Waals surface area contributed by atoms with Crippen LogP contribution in [0.4, 0.5) is 0 Å². The zero-order valence-corrected chi connectivity index (χ0v) is 15.1. The molecule has 140 valence electrons. The molecule has 1 aromatic rings. The summed E-state index contributed by atoms with van der Waals surface area (Å²) in [6.45, 7) is 1.85. The van der Waals surface area contributed by atoms with Crippen molar-refractivity contribution in [3.8, 4) is 0 Å². The monoisotopic (exact) mass is 380 g/mol. The van der Waals surface area contributed by atoms with Crippen LogP contribution in [0.1, 0.15) is 13.1 Å². The maximum atomic E-state index is 12.6. The molecule has 10 heteroatoms. The Morgan fingerprint density at radius 2 is 2.15 bits per heavy atom. The van der Waals surface area contributed by atoms with E-state index in [1.54, 1.807) is 24.7 Å². The SMILES string of the molecule is COC(=O)C1C=C(Cl)C(C)NC1NC(=O)C1C=CC(n2ccnc2)NN1. The van der Waals surface area contributed by atoms with Crippen molar-refractivity contribution in [2.45, 2.75) is 31.3 Å². The smallest absolute Gasteiger partial charge is 0.316 e. The number of imidazole rings is 1. The molecule has 2 aliphatic heterocycles. The standard InChI is InChI=1S/C16H21ClN6O3/c1-9-11(17)7-10(16(25)26-2)14(19-9)20-15(24)12-3-4-13(22-21-12)23-6-5-18-8-23/h3-10,12-14,19,21-22H,1-2H3,(H,20,24). The zero-order valence-electron chi connectivity index (χ0n) is 14.3. The lowest BCUT2D eigenvalue weighted by Gasteiger charge is -2.34. The first-order valence-corrected chi connectivity index (χ1v) is 8.55. The molecule has 4 N–H and O–H groups in total. The van der Waals surface area contributed by atoms with E-state index in [0.717, 1.165) is 0 Å². The van der Waals surface area contributed by atoms with Gasteiger partial charge >= 0.3 is 5.97 Å². The van der Waals surface area contributed by atoms with Crippen LogP contribution in [0, 0.1) is 5.92 Å². The average molecular weight is 381 g/mol. The first kappa shape index (κ1) is 18.6. The summed E-state index contributed by atoms with van der Waals surface area (Å²) in [5, 5.41) is 6.45. The van der Waals surface area contributed by atoms with E-state index in [2.05, 4.69) is 26.5 Å². The molecule has 0 aromatic carbocycles. The van der Waals surface area contributed by atoms with Gasteiger partial charge in [-0.2, -0.15) is 0 Å². The molecule has 3 heterocycles. The van der Waals surface area contributed by atoms with Crippen LogP contribution in [-0.2, 0) is 14.3 Å². The van der Waals surface area contributed by atoms with Crippen LogP contribution in [0.3, 0.4) is 0 Å². The van der Waals surface area contributed by atoms with Crippen molar-refractivity contribution in [2.75, 3.05) is 7.11 Å². The highest BCUT2D eigenvalue weighted by molar-refractivity contribution is 6.30. The van der Waals surface area contributed by atoms with Gasteiger partial charge in [0.05, 0.1) is 19.6 Å². The lowest BCUT2D eigenvalue weighted by molar-refractivity contribution is -0.145. The van der Waals surface area contributed by atoms with E-state index in [4.69, 9.17) is 16.3 Å². The van der Waals surface area contributed by atoms with E-state index in [-0.39, 0.29) is 18.1 Å². The van der Waals surface area contributed by atoms with Crippen LogP contribution in [0.25, 0.3) is 0 Å². The molecule has 5 atom stereocenters. The average Bonchev–Trinajstić information content (AvgIpc) is 3.18. The molecule has 5 unspecified atom stereocenters. The van der Waals surface area contributed by atoms with Gasteiger partial charge in [0.1, 0.15) is 18.1 Å². The van der Waals surface area contributed by atoms with Crippen molar-refractivity contribution in [1.29, 1.82) is 0 Å². The van der Waals surface area contributed by atoms with Crippen molar-refractivity contribution in [2.24, 2.45) is 5.92 Å². The maximum absolute atomic E-state index is 12.6. The summed E-state index contributed by atoms with van der Waals surface area (Å²) in [4.78, 5) is 28.6. The number of hydrogen-bond donors (Lipinski definition) is 4. The number of amides is 1. The predicted molar refractivity (Wildman–Crippen MR) is 94.4 cm³/mol. The van der Waals surface area contributed by atoms with Gasteiger partial charge in [-0.3, -0.25) is 14.9 Å². The molecule has 0 fully saturated rings. The molecule has 3 rings (SSSR count). The highest BCUT2D eigenvalue weighted by Gasteiger charge is 2.35. The van der Waals surface area contributed by atoms with Gasteiger partial charge in [-0.1, -0.05) is 23.8 Å². The maximum Gasteiger partial charge on any atom is 0.316 e.